The zero-order valence-electron chi connectivity index (χ0n) is 9.81. The molecule has 1 nitrogen and oxygen atoms in total. The molecule has 0 aliphatic rings. The number of aromatic nitrogens is 1. The monoisotopic (exact) mass is 305 g/mol. The Morgan fingerprint density at radius 1 is 0.842 bits per heavy atom. The van der Waals surface area contributed by atoms with Crippen molar-refractivity contribution in [2.45, 2.75) is 0 Å². The summed E-state index contributed by atoms with van der Waals surface area (Å²) in [6.07, 6.45) is 0. The summed E-state index contributed by atoms with van der Waals surface area (Å²) in [5.74, 6) is 0. The molecule has 0 atom stereocenters. The Morgan fingerprint density at radius 2 is 1.53 bits per heavy atom. The summed E-state index contributed by atoms with van der Waals surface area (Å²) in [5, 5.41) is 4.21. The molecule has 94 valence electrons. The molecule has 0 saturated carbocycles. The van der Waals surface area contributed by atoms with Crippen molar-refractivity contribution in [3.63, 3.8) is 0 Å². The Kier molecular flexibility index (Phi) is 3.56. The molecule has 4 heteroatoms. The highest BCUT2D eigenvalue weighted by Crippen LogP contribution is 2.32. The van der Waals surface area contributed by atoms with E-state index < -0.39 is 0 Å². The van der Waals surface area contributed by atoms with E-state index in [9.17, 15) is 0 Å². The molecule has 0 spiro atoms. The molecular weight excluding hydrogens is 297 g/mol. The van der Waals surface area contributed by atoms with Gasteiger partial charge in [0, 0.05) is 26.6 Å². The summed E-state index contributed by atoms with van der Waals surface area (Å²) >= 11 is 13.6. The number of benzene rings is 2. The molecule has 0 saturated heterocycles. The van der Waals surface area contributed by atoms with Crippen LogP contribution in [0.1, 0.15) is 0 Å². The van der Waals surface area contributed by atoms with Crippen LogP contribution in [0.2, 0.25) is 10.0 Å². The first-order chi connectivity index (χ1) is 9.22. The lowest BCUT2D eigenvalue weighted by Gasteiger charge is -1.99. The van der Waals surface area contributed by atoms with Crippen LogP contribution in [0, 0.1) is 0 Å². The van der Waals surface area contributed by atoms with Gasteiger partial charge in [-0.3, -0.25) is 0 Å². The van der Waals surface area contributed by atoms with Gasteiger partial charge in [0.25, 0.3) is 0 Å². The van der Waals surface area contributed by atoms with Crippen molar-refractivity contribution in [3.8, 4) is 21.8 Å². The van der Waals surface area contributed by atoms with E-state index in [1.54, 1.807) is 17.4 Å². The Morgan fingerprint density at radius 3 is 2.21 bits per heavy atom. The van der Waals surface area contributed by atoms with Crippen LogP contribution < -0.4 is 0 Å². The van der Waals surface area contributed by atoms with Gasteiger partial charge in [0.2, 0.25) is 0 Å². The molecule has 1 aromatic heterocycles. The zero-order chi connectivity index (χ0) is 13.2. The average Bonchev–Trinajstić information content (AvgIpc) is 2.88. The van der Waals surface area contributed by atoms with Crippen molar-refractivity contribution in [3.05, 3.63) is 64.0 Å². The summed E-state index contributed by atoms with van der Waals surface area (Å²) in [7, 11) is 0. The minimum absolute atomic E-state index is 0.624. The van der Waals surface area contributed by atoms with E-state index in [1.165, 1.54) is 0 Å². The Balaban J connectivity index is 2.02. The number of hydrogen-bond donors (Lipinski definition) is 0. The minimum atomic E-state index is 0.624. The standard InChI is InChI=1S/C15H9Cl2NS/c16-12-6-11(7-13(17)8-12)15-18-14(9-19-15)10-4-2-1-3-5-10/h1-9H. The molecule has 0 unspecified atom stereocenters. The number of thiazole rings is 1. The van der Waals surface area contributed by atoms with Crippen LogP contribution >= 0.6 is 34.5 Å². The smallest absolute Gasteiger partial charge is 0.124 e. The number of nitrogens with zero attached hydrogens (tertiary/aromatic N) is 1. The average molecular weight is 306 g/mol. The molecule has 2 aromatic carbocycles. The molecule has 1 heterocycles. The molecule has 0 fully saturated rings. The van der Waals surface area contributed by atoms with Crippen molar-refractivity contribution >= 4 is 34.5 Å². The Labute approximate surface area is 125 Å². The van der Waals surface area contributed by atoms with Gasteiger partial charge in [-0.2, -0.15) is 0 Å². The highest BCUT2D eigenvalue weighted by molar-refractivity contribution is 7.13. The summed E-state index contributed by atoms with van der Waals surface area (Å²) in [4.78, 5) is 4.63. The second kappa shape index (κ2) is 5.33. The van der Waals surface area contributed by atoms with Crippen molar-refractivity contribution in [1.82, 2.24) is 4.98 Å². The fraction of sp³-hybridized carbons (Fsp3) is 0. The van der Waals surface area contributed by atoms with Crippen molar-refractivity contribution < 1.29 is 0 Å². The van der Waals surface area contributed by atoms with Gasteiger partial charge in [-0.25, -0.2) is 4.98 Å². The second-order valence-corrected chi connectivity index (χ2v) is 5.79. The van der Waals surface area contributed by atoms with Gasteiger partial charge < -0.3 is 0 Å². The van der Waals surface area contributed by atoms with Crippen molar-refractivity contribution in [2.75, 3.05) is 0 Å². The molecular formula is C15H9Cl2NS. The van der Waals surface area contributed by atoms with Crippen LogP contribution in [0.15, 0.2) is 53.9 Å². The second-order valence-electron chi connectivity index (χ2n) is 4.06. The first-order valence-corrected chi connectivity index (χ1v) is 7.33. The van der Waals surface area contributed by atoms with Crippen LogP contribution in [0.5, 0.6) is 0 Å². The fourth-order valence-corrected chi connectivity index (χ4v) is 3.17. The molecule has 0 bridgehead atoms. The van der Waals surface area contributed by atoms with Gasteiger partial charge in [0.15, 0.2) is 0 Å². The topological polar surface area (TPSA) is 12.9 Å². The Bertz CT molecular complexity index is 687. The van der Waals surface area contributed by atoms with Gasteiger partial charge in [-0.15, -0.1) is 11.3 Å². The first-order valence-electron chi connectivity index (χ1n) is 5.70. The van der Waals surface area contributed by atoms with Gasteiger partial charge in [0.05, 0.1) is 5.69 Å². The lowest BCUT2D eigenvalue weighted by molar-refractivity contribution is 1.40. The van der Waals surface area contributed by atoms with Crippen molar-refractivity contribution in [1.29, 1.82) is 0 Å². The summed E-state index contributed by atoms with van der Waals surface area (Å²) in [5.41, 5.74) is 3.03. The number of halogens is 2. The van der Waals surface area contributed by atoms with Crippen LogP contribution in [0.3, 0.4) is 0 Å². The van der Waals surface area contributed by atoms with E-state index in [4.69, 9.17) is 23.2 Å². The maximum Gasteiger partial charge on any atom is 0.124 e. The normalized spacial score (nSPS) is 10.6. The van der Waals surface area contributed by atoms with Crippen molar-refractivity contribution in [2.24, 2.45) is 0 Å². The van der Waals surface area contributed by atoms with E-state index in [-0.39, 0.29) is 0 Å². The van der Waals surface area contributed by atoms with E-state index in [1.807, 2.05) is 47.8 Å². The molecule has 3 rings (SSSR count). The molecule has 0 amide bonds. The third kappa shape index (κ3) is 2.81. The third-order valence-electron chi connectivity index (χ3n) is 2.68. The molecule has 19 heavy (non-hydrogen) atoms. The molecule has 3 aromatic rings. The van der Waals surface area contributed by atoms with Crippen LogP contribution in [-0.2, 0) is 0 Å². The van der Waals surface area contributed by atoms with Crippen LogP contribution in [0.4, 0.5) is 0 Å². The molecule has 0 aliphatic carbocycles. The van der Waals surface area contributed by atoms with Crippen LogP contribution in [0.25, 0.3) is 21.8 Å². The predicted octanol–water partition coefficient (Wildman–Crippen LogP) is 5.78. The van der Waals surface area contributed by atoms with E-state index >= 15 is 0 Å². The minimum Gasteiger partial charge on any atom is -0.236 e. The lowest BCUT2D eigenvalue weighted by Crippen LogP contribution is -1.80. The highest BCUT2D eigenvalue weighted by Gasteiger charge is 2.08. The number of rotatable bonds is 2. The zero-order valence-corrected chi connectivity index (χ0v) is 12.1. The predicted molar refractivity (Wildman–Crippen MR) is 83.0 cm³/mol. The summed E-state index contributed by atoms with van der Waals surface area (Å²) in [6.45, 7) is 0. The lowest BCUT2D eigenvalue weighted by atomic mass is 10.2. The fourth-order valence-electron chi connectivity index (χ4n) is 1.83. The first kappa shape index (κ1) is 12.7. The van der Waals surface area contributed by atoms with Gasteiger partial charge in [-0.05, 0) is 18.2 Å². The summed E-state index contributed by atoms with van der Waals surface area (Å²) in [6, 6.07) is 15.6. The largest absolute Gasteiger partial charge is 0.236 e. The summed E-state index contributed by atoms with van der Waals surface area (Å²) < 4.78 is 0. The SMILES string of the molecule is Clc1cc(Cl)cc(-c2nc(-c3ccccc3)cs2)c1. The highest BCUT2D eigenvalue weighted by atomic mass is 35.5. The maximum absolute atomic E-state index is 6.02. The van der Waals surface area contributed by atoms with E-state index in [0.29, 0.717) is 10.0 Å². The maximum atomic E-state index is 6.02. The van der Waals surface area contributed by atoms with Gasteiger partial charge >= 0.3 is 0 Å². The van der Waals surface area contributed by atoms with Gasteiger partial charge in [-0.1, -0.05) is 53.5 Å². The molecule has 0 aliphatic heterocycles. The Hall–Kier alpha value is -1.35. The van der Waals surface area contributed by atoms with E-state index in [0.717, 1.165) is 21.8 Å². The quantitative estimate of drug-likeness (QED) is 0.584. The third-order valence-corrected chi connectivity index (χ3v) is 4.01. The van der Waals surface area contributed by atoms with Gasteiger partial charge in [0.1, 0.15) is 5.01 Å². The van der Waals surface area contributed by atoms with Crippen LogP contribution in [-0.4, -0.2) is 4.98 Å². The number of hydrogen-bond acceptors (Lipinski definition) is 2. The van der Waals surface area contributed by atoms with E-state index in [2.05, 4.69) is 4.98 Å². The molecule has 0 radical (unpaired) electrons. The molecule has 0 N–H and O–H groups in total.